The minimum absolute atomic E-state index is 0. The first kappa shape index (κ1) is 11.5. The molecule has 3 nitrogen and oxygen atoms in total. The van der Waals surface area contributed by atoms with Gasteiger partial charge in [0, 0.05) is 12.5 Å². The largest absolute Gasteiger partial charge is 1.00 e. The molecule has 0 amide bonds. The van der Waals surface area contributed by atoms with Crippen molar-refractivity contribution in [2.24, 2.45) is 12.8 Å². The van der Waals surface area contributed by atoms with Gasteiger partial charge in [-0.1, -0.05) is 0 Å². The quantitative estimate of drug-likeness (QED) is 0.508. The Morgan fingerprint density at radius 2 is 2.25 bits per heavy atom. The summed E-state index contributed by atoms with van der Waals surface area (Å²) < 4.78 is 4.17. The SMILES string of the molecule is CC(N)CCn1cc[n+](C)c1.[Cl-]. The summed E-state index contributed by atoms with van der Waals surface area (Å²) >= 11 is 0. The molecule has 1 unspecified atom stereocenters. The molecule has 12 heavy (non-hydrogen) atoms. The van der Waals surface area contributed by atoms with Crippen LogP contribution in [0, 0.1) is 0 Å². The van der Waals surface area contributed by atoms with Gasteiger partial charge >= 0.3 is 0 Å². The maximum Gasteiger partial charge on any atom is 0.243 e. The Kier molecular flexibility index (Phi) is 4.93. The van der Waals surface area contributed by atoms with Gasteiger partial charge in [-0.25, -0.2) is 9.13 Å². The van der Waals surface area contributed by atoms with Crippen LogP contribution in [-0.4, -0.2) is 10.6 Å². The Bertz CT molecular complexity index is 220. The smallest absolute Gasteiger partial charge is 0.243 e. The molecule has 0 spiro atoms. The van der Waals surface area contributed by atoms with Crippen molar-refractivity contribution in [2.75, 3.05) is 0 Å². The van der Waals surface area contributed by atoms with Gasteiger partial charge in [-0.15, -0.1) is 0 Å². The van der Waals surface area contributed by atoms with Gasteiger partial charge in [0.25, 0.3) is 0 Å². The van der Waals surface area contributed by atoms with E-state index in [2.05, 4.69) is 17.1 Å². The van der Waals surface area contributed by atoms with Crippen molar-refractivity contribution in [3.05, 3.63) is 18.7 Å². The monoisotopic (exact) mass is 189 g/mol. The van der Waals surface area contributed by atoms with E-state index in [1.807, 2.05) is 24.7 Å². The molecule has 0 bridgehead atoms. The van der Waals surface area contributed by atoms with Crippen molar-refractivity contribution in [1.82, 2.24) is 4.57 Å². The molecule has 2 N–H and O–H groups in total. The molecular formula is C8H16ClN3. The third kappa shape index (κ3) is 3.74. The maximum atomic E-state index is 5.63. The van der Waals surface area contributed by atoms with Gasteiger partial charge in [0.1, 0.15) is 12.4 Å². The molecule has 0 aliphatic heterocycles. The zero-order valence-electron chi connectivity index (χ0n) is 7.57. The standard InChI is InChI=1S/C8H16N3.ClH/c1-8(9)3-4-11-6-5-10(2)7-11;/h5-8H,3-4,9H2,1-2H3;1H/q+1;/p-1. The van der Waals surface area contributed by atoms with Crippen molar-refractivity contribution in [3.63, 3.8) is 0 Å². The summed E-state index contributed by atoms with van der Waals surface area (Å²) in [5.74, 6) is 0. The summed E-state index contributed by atoms with van der Waals surface area (Å²) in [5, 5.41) is 0. The van der Waals surface area contributed by atoms with Crippen molar-refractivity contribution in [1.29, 1.82) is 0 Å². The number of imidazole rings is 1. The second-order valence-electron chi connectivity index (χ2n) is 3.08. The number of halogens is 1. The predicted octanol–water partition coefficient (Wildman–Crippen LogP) is -2.95. The molecule has 0 aliphatic carbocycles. The van der Waals surface area contributed by atoms with Crippen molar-refractivity contribution < 1.29 is 17.0 Å². The van der Waals surface area contributed by atoms with Gasteiger partial charge in [0.2, 0.25) is 6.33 Å². The lowest BCUT2D eigenvalue weighted by molar-refractivity contribution is -0.671. The van der Waals surface area contributed by atoms with Crippen molar-refractivity contribution >= 4 is 0 Å². The first-order valence-electron chi connectivity index (χ1n) is 3.95. The summed E-state index contributed by atoms with van der Waals surface area (Å²) in [4.78, 5) is 0. The Morgan fingerprint density at radius 3 is 2.67 bits per heavy atom. The Labute approximate surface area is 79.6 Å². The van der Waals surface area contributed by atoms with Gasteiger partial charge < -0.3 is 18.1 Å². The summed E-state index contributed by atoms with van der Waals surface area (Å²) in [6.45, 7) is 3.04. The number of rotatable bonds is 3. The average Bonchev–Trinajstić information content (AvgIpc) is 2.31. The highest BCUT2D eigenvalue weighted by Crippen LogP contribution is 1.91. The number of hydrogen-bond acceptors (Lipinski definition) is 1. The van der Waals surface area contributed by atoms with Crippen LogP contribution in [0.4, 0.5) is 0 Å². The molecule has 0 aliphatic rings. The van der Waals surface area contributed by atoms with Crippen LogP contribution in [0.25, 0.3) is 0 Å². The Hall–Kier alpha value is -0.540. The van der Waals surface area contributed by atoms with Gasteiger partial charge in [-0.05, 0) is 6.92 Å². The van der Waals surface area contributed by atoms with Gasteiger partial charge in [-0.3, -0.25) is 0 Å². The molecule has 1 aromatic heterocycles. The van der Waals surface area contributed by atoms with E-state index in [-0.39, 0.29) is 12.4 Å². The number of nitrogens with two attached hydrogens (primary N) is 1. The molecule has 70 valence electrons. The van der Waals surface area contributed by atoms with Crippen LogP contribution in [-0.2, 0) is 13.6 Å². The second kappa shape index (κ2) is 5.17. The lowest BCUT2D eigenvalue weighted by Crippen LogP contribution is -3.00. The van der Waals surface area contributed by atoms with E-state index in [1.165, 1.54) is 0 Å². The van der Waals surface area contributed by atoms with Crippen LogP contribution in [0.5, 0.6) is 0 Å². The number of hydrogen-bond donors (Lipinski definition) is 1. The average molecular weight is 190 g/mol. The molecule has 1 heterocycles. The fourth-order valence-electron chi connectivity index (χ4n) is 0.987. The van der Waals surface area contributed by atoms with E-state index in [0.29, 0.717) is 6.04 Å². The molecule has 0 radical (unpaired) electrons. The van der Waals surface area contributed by atoms with Crippen LogP contribution < -0.4 is 22.7 Å². The number of nitrogens with zero attached hydrogens (tertiary/aromatic N) is 2. The van der Waals surface area contributed by atoms with Crippen LogP contribution in [0.2, 0.25) is 0 Å². The molecule has 1 aromatic rings. The molecule has 1 rings (SSSR count). The molecule has 0 saturated heterocycles. The molecule has 1 atom stereocenters. The van der Waals surface area contributed by atoms with E-state index in [1.54, 1.807) is 0 Å². The first-order chi connectivity index (χ1) is 5.18. The normalized spacial score (nSPS) is 12.2. The fraction of sp³-hybridized carbons (Fsp3) is 0.625. The number of aromatic nitrogens is 2. The molecule has 0 saturated carbocycles. The third-order valence-electron chi connectivity index (χ3n) is 1.67. The first-order valence-corrected chi connectivity index (χ1v) is 3.95. The third-order valence-corrected chi connectivity index (χ3v) is 1.67. The Balaban J connectivity index is 0.00000121. The summed E-state index contributed by atoms with van der Waals surface area (Å²) in [6.07, 6.45) is 7.18. The van der Waals surface area contributed by atoms with Crippen LogP contribution in [0.3, 0.4) is 0 Å². The lowest BCUT2D eigenvalue weighted by atomic mass is 10.2. The van der Waals surface area contributed by atoms with Crippen LogP contribution in [0.15, 0.2) is 18.7 Å². The van der Waals surface area contributed by atoms with Gasteiger partial charge in [0.15, 0.2) is 0 Å². The molecular weight excluding hydrogens is 174 g/mol. The highest BCUT2D eigenvalue weighted by Gasteiger charge is 2.00. The van der Waals surface area contributed by atoms with Crippen molar-refractivity contribution in [3.8, 4) is 0 Å². The highest BCUT2D eigenvalue weighted by atomic mass is 35.5. The fourth-order valence-corrected chi connectivity index (χ4v) is 0.987. The molecule has 0 fully saturated rings. The summed E-state index contributed by atoms with van der Waals surface area (Å²) in [7, 11) is 2.02. The topological polar surface area (TPSA) is 34.8 Å². The minimum Gasteiger partial charge on any atom is -1.00 e. The van der Waals surface area contributed by atoms with E-state index in [4.69, 9.17) is 5.73 Å². The second-order valence-corrected chi connectivity index (χ2v) is 3.08. The van der Waals surface area contributed by atoms with Crippen LogP contribution >= 0.6 is 0 Å². The van der Waals surface area contributed by atoms with E-state index < -0.39 is 0 Å². The van der Waals surface area contributed by atoms with E-state index >= 15 is 0 Å². The van der Waals surface area contributed by atoms with Crippen molar-refractivity contribution in [2.45, 2.75) is 25.9 Å². The predicted molar refractivity (Wildman–Crippen MR) is 43.9 cm³/mol. The maximum absolute atomic E-state index is 5.63. The zero-order chi connectivity index (χ0) is 8.27. The minimum atomic E-state index is 0. The molecule has 4 heteroatoms. The van der Waals surface area contributed by atoms with Gasteiger partial charge in [-0.2, -0.15) is 0 Å². The number of aryl methyl sites for hydroxylation is 2. The molecule has 0 aromatic carbocycles. The van der Waals surface area contributed by atoms with E-state index in [9.17, 15) is 0 Å². The summed E-state index contributed by atoms with van der Waals surface area (Å²) in [6, 6.07) is 0.294. The van der Waals surface area contributed by atoms with Crippen LogP contribution in [0.1, 0.15) is 13.3 Å². The summed E-state index contributed by atoms with van der Waals surface area (Å²) in [5.41, 5.74) is 5.63. The Morgan fingerprint density at radius 1 is 1.58 bits per heavy atom. The highest BCUT2D eigenvalue weighted by molar-refractivity contribution is 4.66. The zero-order valence-corrected chi connectivity index (χ0v) is 8.33. The lowest BCUT2D eigenvalue weighted by Gasteiger charge is -2.00. The van der Waals surface area contributed by atoms with E-state index in [0.717, 1.165) is 13.0 Å². The van der Waals surface area contributed by atoms with Gasteiger partial charge in [0.05, 0.1) is 13.6 Å².